The van der Waals surface area contributed by atoms with E-state index in [9.17, 15) is 9.59 Å². The number of nitrogens with zero attached hydrogens (tertiary/aromatic N) is 1. The Morgan fingerprint density at radius 1 is 1.12 bits per heavy atom. The van der Waals surface area contributed by atoms with Crippen LogP contribution in [0.15, 0.2) is 29.3 Å². The molecule has 1 rings (SSSR count). The van der Waals surface area contributed by atoms with E-state index in [1.54, 1.807) is 19.2 Å². The molecule has 0 aliphatic rings. The highest BCUT2D eigenvalue weighted by Crippen LogP contribution is 2.04. The molecule has 1 aromatic rings. The summed E-state index contributed by atoms with van der Waals surface area (Å²) in [5, 5.41) is 8.92. The topological polar surface area (TPSA) is 118 Å². The number of benzene rings is 1. The van der Waals surface area contributed by atoms with Gasteiger partial charge in [-0.15, -0.1) is 0 Å². The van der Waals surface area contributed by atoms with Gasteiger partial charge >= 0.3 is 0 Å². The molecule has 0 heterocycles. The van der Waals surface area contributed by atoms with Gasteiger partial charge in [-0.2, -0.15) is 0 Å². The lowest BCUT2D eigenvalue weighted by Crippen LogP contribution is -2.37. The summed E-state index contributed by atoms with van der Waals surface area (Å²) < 4.78 is 5.30. The van der Waals surface area contributed by atoms with Crippen molar-refractivity contribution in [2.24, 2.45) is 10.7 Å². The average Bonchev–Trinajstić information content (AvgIpc) is 2.65. The van der Waals surface area contributed by atoms with Crippen LogP contribution in [-0.2, 0) is 16.1 Å². The van der Waals surface area contributed by atoms with Gasteiger partial charge in [-0.3, -0.25) is 14.6 Å². The van der Waals surface area contributed by atoms with Crippen molar-refractivity contribution in [2.75, 3.05) is 33.4 Å². The van der Waals surface area contributed by atoms with E-state index in [0.717, 1.165) is 44.1 Å². The van der Waals surface area contributed by atoms with Crippen LogP contribution in [0.5, 0.6) is 0 Å². The maximum atomic E-state index is 11.8. The molecular weight excluding hydrogens is 334 g/mol. The normalized spacial score (nSPS) is 11.1. The van der Waals surface area contributed by atoms with E-state index in [2.05, 4.69) is 20.9 Å². The summed E-state index contributed by atoms with van der Waals surface area (Å²) in [6.45, 7) is 4.76. The Hall–Kier alpha value is -2.61. The lowest BCUT2D eigenvalue weighted by Gasteiger charge is -2.12. The molecule has 8 heteroatoms. The molecule has 0 aliphatic heterocycles. The van der Waals surface area contributed by atoms with Crippen LogP contribution >= 0.6 is 0 Å². The number of guanidine groups is 1. The molecule has 0 aromatic heterocycles. The predicted molar refractivity (Wildman–Crippen MR) is 102 cm³/mol. The van der Waals surface area contributed by atoms with E-state index in [-0.39, 0.29) is 12.5 Å². The first-order chi connectivity index (χ1) is 12.6. The second-order valence-corrected chi connectivity index (χ2v) is 5.60. The van der Waals surface area contributed by atoms with Crippen molar-refractivity contribution in [3.05, 3.63) is 35.4 Å². The second-order valence-electron chi connectivity index (χ2n) is 5.60. The number of amides is 2. The number of aliphatic imine (C=N–C) groups is 1. The van der Waals surface area contributed by atoms with Crippen LogP contribution in [0, 0.1) is 0 Å². The summed E-state index contributed by atoms with van der Waals surface area (Å²) in [4.78, 5) is 26.7. The second kappa shape index (κ2) is 12.7. The minimum atomic E-state index is -0.573. The van der Waals surface area contributed by atoms with Crippen molar-refractivity contribution < 1.29 is 14.3 Å². The van der Waals surface area contributed by atoms with Crippen molar-refractivity contribution in [3.63, 3.8) is 0 Å². The van der Waals surface area contributed by atoms with E-state index in [0.29, 0.717) is 12.1 Å². The van der Waals surface area contributed by atoms with Gasteiger partial charge in [0.05, 0.1) is 6.54 Å². The first-order valence-corrected chi connectivity index (χ1v) is 8.74. The summed E-state index contributed by atoms with van der Waals surface area (Å²) in [6.07, 6.45) is 2.02. The number of hydrogen-bond acceptors (Lipinski definition) is 4. The van der Waals surface area contributed by atoms with Crippen molar-refractivity contribution in [1.29, 1.82) is 0 Å². The molecule has 2 amide bonds. The molecule has 26 heavy (non-hydrogen) atoms. The first-order valence-electron chi connectivity index (χ1n) is 8.74. The Bertz CT molecular complexity index is 587. The Labute approximate surface area is 154 Å². The van der Waals surface area contributed by atoms with Gasteiger partial charge in [-0.25, -0.2) is 0 Å². The van der Waals surface area contributed by atoms with E-state index < -0.39 is 5.91 Å². The van der Waals surface area contributed by atoms with Crippen LogP contribution in [-0.4, -0.2) is 51.1 Å². The van der Waals surface area contributed by atoms with Gasteiger partial charge in [-0.05, 0) is 37.5 Å². The Morgan fingerprint density at radius 2 is 1.85 bits per heavy atom. The maximum absolute atomic E-state index is 11.8. The molecule has 0 unspecified atom stereocenters. The Kier molecular flexibility index (Phi) is 10.5. The fourth-order valence-electron chi connectivity index (χ4n) is 2.13. The van der Waals surface area contributed by atoms with Gasteiger partial charge in [0.2, 0.25) is 5.91 Å². The van der Waals surface area contributed by atoms with Crippen LogP contribution in [0.3, 0.4) is 0 Å². The SMILES string of the molecule is CCOCCCCNC(=NC)NCc1ccc(C(=O)NCC(N)=O)cc1. The summed E-state index contributed by atoms with van der Waals surface area (Å²) in [5.41, 5.74) is 6.49. The standard InChI is InChI=1S/C18H29N5O3/c1-3-26-11-5-4-10-21-18(20-2)23-12-14-6-8-15(9-7-14)17(25)22-13-16(19)24/h6-9H,3-5,10-13H2,1-2H3,(H2,19,24)(H,22,25)(H2,20,21,23). The lowest BCUT2D eigenvalue weighted by atomic mass is 10.1. The number of hydrogen-bond donors (Lipinski definition) is 4. The van der Waals surface area contributed by atoms with Crippen molar-refractivity contribution in [3.8, 4) is 0 Å². The molecular formula is C18H29N5O3. The highest BCUT2D eigenvalue weighted by molar-refractivity contribution is 5.96. The first kappa shape index (κ1) is 21.4. The highest BCUT2D eigenvalue weighted by Gasteiger charge is 2.06. The van der Waals surface area contributed by atoms with Gasteiger partial charge in [0.15, 0.2) is 5.96 Å². The number of ether oxygens (including phenoxy) is 1. The summed E-state index contributed by atoms with van der Waals surface area (Å²) >= 11 is 0. The minimum absolute atomic E-state index is 0.172. The number of nitrogens with two attached hydrogens (primary N) is 1. The molecule has 8 nitrogen and oxygen atoms in total. The van der Waals surface area contributed by atoms with Gasteiger partial charge in [0.25, 0.3) is 5.91 Å². The zero-order valence-corrected chi connectivity index (χ0v) is 15.5. The number of primary amides is 1. The Balaban J connectivity index is 2.34. The molecule has 0 aliphatic carbocycles. The molecule has 0 radical (unpaired) electrons. The van der Waals surface area contributed by atoms with Crippen LogP contribution in [0.4, 0.5) is 0 Å². The molecule has 0 atom stereocenters. The third-order valence-corrected chi connectivity index (χ3v) is 3.53. The maximum Gasteiger partial charge on any atom is 0.251 e. The largest absolute Gasteiger partial charge is 0.382 e. The van der Waals surface area contributed by atoms with E-state index in [1.165, 1.54) is 0 Å². The number of unbranched alkanes of at least 4 members (excludes halogenated alkanes) is 1. The van der Waals surface area contributed by atoms with Crippen LogP contribution in [0.25, 0.3) is 0 Å². The predicted octanol–water partition coefficient (Wildman–Crippen LogP) is 0.383. The van der Waals surface area contributed by atoms with Gasteiger partial charge in [0.1, 0.15) is 0 Å². The van der Waals surface area contributed by atoms with Crippen LogP contribution < -0.4 is 21.7 Å². The number of nitrogens with one attached hydrogen (secondary N) is 3. The van der Waals surface area contributed by atoms with Crippen molar-refractivity contribution in [1.82, 2.24) is 16.0 Å². The molecule has 144 valence electrons. The summed E-state index contributed by atoms with van der Waals surface area (Å²) in [5.74, 6) is -0.173. The molecule has 0 spiro atoms. The van der Waals surface area contributed by atoms with Crippen LogP contribution in [0.1, 0.15) is 35.7 Å². The van der Waals surface area contributed by atoms with E-state index in [4.69, 9.17) is 10.5 Å². The molecule has 0 saturated carbocycles. The van der Waals surface area contributed by atoms with Gasteiger partial charge in [-0.1, -0.05) is 12.1 Å². The molecule has 0 fully saturated rings. The zero-order chi connectivity index (χ0) is 19.2. The molecule has 1 aromatic carbocycles. The summed E-state index contributed by atoms with van der Waals surface area (Å²) in [6, 6.07) is 7.11. The van der Waals surface area contributed by atoms with Crippen LogP contribution in [0.2, 0.25) is 0 Å². The number of carbonyl (C=O) groups excluding carboxylic acids is 2. The van der Waals surface area contributed by atoms with Crippen molar-refractivity contribution in [2.45, 2.75) is 26.3 Å². The average molecular weight is 363 g/mol. The van der Waals surface area contributed by atoms with E-state index >= 15 is 0 Å². The minimum Gasteiger partial charge on any atom is -0.382 e. The number of carbonyl (C=O) groups is 2. The lowest BCUT2D eigenvalue weighted by molar-refractivity contribution is -0.117. The van der Waals surface area contributed by atoms with Gasteiger partial charge in [0, 0.05) is 38.9 Å². The Morgan fingerprint density at radius 3 is 2.46 bits per heavy atom. The molecule has 0 bridgehead atoms. The fraction of sp³-hybridized carbons (Fsp3) is 0.500. The quantitative estimate of drug-likeness (QED) is 0.258. The fourth-order valence-corrected chi connectivity index (χ4v) is 2.13. The number of rotatable bonds is 11. The smallest absolute Gasteiger partial charge is 0.251 e. The van der Waals surface area contributed by atoms with E-state index in [1.807, 2.05) is 19.1 Å². The zero-order valence-electron chi connectivity index (χ0n) is 15.5. The van der Waals surface area contributed by atoms with Crippen molar-refractivity contribution >= 4 is 17.8 Å². The molecule has 5 N–H and O–H groups in total. The third kappa shape index (κ3) is 9.03. The molecule has 0 saturated heterocycles. The van der Waals surface area contributed by atoms with Gasteiger partial charge < -0.3 is 26.4 Å². The summed E-state index contributed by atoms with van der Waals surface area (Å²) in [7, 11) is 1.72. The highest BCUT2D eigenvalue weighted by atomic mass is 16.5. The monoisotopic (exact) mass is 363 g/mol. The third-order valence-electron chi connectivity index (χ3n) is 3.53.